The Morgan fingerprint density at radius 3 is 2.69 bits per heavy atom. The number of nitrogens with zero attached hydrogens (tertiary/aromatic N) is 7. The van der Waals surface area contributed by atoms with E-state index in [0.29, 0.717) is 45.5 Å². The Balaban J connectivity index is 1.83. The number of halogens is 3. The summed E-state index contributed by atoms with van der Waals surface area (Å²) in [5.41, 5.74) is 2.01. The summed E-state index contributed by atoms with van der Waals surface area (Å²) in [7, 11) is 3.27. The lowest BCUT2D eigenvalue weighted by Gasteiger charge is -2.17. The number of hydrogen-bond donors (Lipinski definition) is 1. The van der Waals surface area contributed by atoms with Crippen molar-refractivity contribution in [1.29, 1.82) is 5.26 Å². The van der Waals surface area contributed by atoms with Crippen LogP contribution >= 0.6 is 0 Å². The van der Waals surface area contributed by atoms with Crippen LogP contribution in [0.2, 0.25) is 0 Å². The summed E-state index contributed by atoms with van der Waals surface area (Å²) >= 11 is 0. The summed E-state index contributed by atoms with van der Waals surface area (Å²) in [4.78, 5) is 21.7. The van der Waals surface area contributed by atoms with Gasteiger partial charge in [-0.15, -0.1) is 0 Å². The fraction of sp³-hybridized carbons (Fsp3) is 0.348. The normalized spacial score (nSPS) is 14.7. The lowest BCUT2D eigenvalue weighted by atomic mass is 9.99. The maximum Gasteiger partial charge on any atom is 0.435 e. The highest BCUT2D eigenvalue weighted by atomic mass is 19.4. The Morgan fingerprint density at radius 1 is 1.20 bits per heavy atom. The van der Waals surface area contributed by atoms with Gasteiger partial charge in [-0.3, -0.25) is 14.2 Å². The average molecular weight is 482 g/mol. The Kier molecular flexibility index (Phi) is 5.16. The van der Waals surface area contributed by atoms with Crippen molar-refractivity contribution in [3.8, 4) is 28.3 Å². The zero-order chi connectivity index (χ0) is 25.1. The summed E-state index contributed by atoms with van der Waals surface area (Å²) in [5.74, 6) is -0.186. The number of carbonyl (C=O) groups excluding carboxylic acids is 1. The van der Waals surface area contributed by atoms with Gasteiger partial charge in [0.1, 0.15) is 17.4 Å². The van der Waals surface area contributed by atoms with Crippen LogP contribution in [0.3, 0.4) is 0 Å². The summed E-state index contributed by atoms with van der Waals surface area (Å²) in [6.45, 7) is 2.01. The topological polar surface area (TPSA) is 108 Å². The maximum absolute atomic E-state index is 14.0. The van der Waals surface area contributed by atoms with Crippen LogP contribution in [0.15, 0.2) is 18.5 Å². The highest BCUT2D eigenvalue weighted by Crippen LogP contribution is 2.41. The lowest BCUT2D eigenvalue weighted by molar-refractivity contribution is -0.141. The first-order valence-electron chi connectivity index (χ1n) is 10.9. The van der Waals surface area contributed by atoms with E-state index in [2.05, 4.69) is 26.2 Å². The monoisotopic (exact) mass is 482 g/mol. The van der Waals surface area contributed by atoms with Gasteiger partial charge in [0.05, 0.1) is 12.2 Å². The average Bonchev–Trinajstić information content (AvgIpc) is 3.44. The number of pyridine rings is 1. The van der Waals surface area contributed by atoms with Crippen LogP contribution in [0.5, 0.6) is 0 Å². The minimum Gasteiger partial charge on any atom is -0.343 e. The number of carbonyl (C=O) groups is 1. The highest BCUT2D eigenvalue weighted by molar-refractivity contribution is 5.98. The molecule has 4 bridgehead atoms. The molecule has 0 saturated heterocycles. The fourth-order valence-electron chi connectivity index (χ4n) is 4.63. The van der Waals surface area contributed by atoms with Crippen LogP contribution in [-0.2, 0) is 31.1 Å². The van der Waals surface area contributed by atoms with Crippen LogP contribution in [0.4, 0.5) is 13.2 Å². The number of alkyl halides is 3. The van der Waals surface area contributed by atoms with Gasteiger partial charge >= 0.3 is 6.18 Å². The Morgan fingerprint density at radius 2 is 1.97 bits per heavy atom. The molecule has 1 aliphatic rings. The van der Waals surface area contributed by atoms with Crippen molar-refractivity contribution in [2.75, 3.05) is 7.05 Å². The van der Waals surface area contributed by atoms with E-state index >= 15 is 0 Å². The lowest BCUT2D eigenvalue weighted by Crippen LogP contribution is -2.26. The van der Waals surface area contributed by atoms with E-state index in [4.69, 9.17) is 0 Å². The van der Waals surface area contributed by atoms with Crippen molar-refractivity contribution in [2.24, 2.45) is 7.05 Å². The van der Waals surface area contributed by atoms with E-state index in [1.54, 1.807) is 33.3 Å². The molecule has 1 aliphatic heterocycles. The predicted octanol–water partition coefficient (Wildman–Crippen LogP) is 3.78. The first-order valence-corrected chi connectivity index (χ1v) is 10.9. The van der Waals surface area contributed by atoms with Crippen molar-refractivity contribution >= 4 is 16.9 Å². The van der Waals surface area contributed by atoms with E-state index in [0.717, 1.165) is 0 Å². The molecule has 0 atom stereocenters. The third-order valence-electron chi connectivity index (χ3n) is 6.24. The van der Waals surface area contributed by atoms with Crippen LogP contribution in [-0.4, -0.2) is 47.4 Å². The Hall–Kier alpha value is -4.14. The van der Waals surface area contributed by atoms with Gasteiger partial charge in [-0.1, -0.05) is 0 Å². The van der Waals surface area contributed by atoms with Gasteiger partial charge in [0.15, 0.2) is 5.69 Å². The number of aryl methyl sites for hydroxylation is 3. The maximum atomic E-state index is 14.0. The quantitative estimate of drug-likeness (QED) is 0.410. The van der Waals surface area contributed by atoms with Crippen LogP contribution < -0.4 is 0 Å². The van der Waals surface area contributed by atoms with Crippen molar-refractivity contribution in [3.05, 3.63) is 41.2 Å². The molecule has 0 saturated carbocycles. The first kappa shape index (κ1) is 22.6. The molecule has 1 N–H and O–H groups in total. The molecule has 9 nitrogen and oxygen atoms in total. The second kappa shape index (κ2) is 7.97. The van der Waals surface area contributed by atoms with Gasteiger partial charge in [0.25, 0.3) is 0 Å². The SMILES string of the molecule is Cc1[nH]c2ncc3cc2c1-c1cn(nc1C(F)(F)F)CCCC(=O)N(C)Cc1nn(C)c(C#N)c1-3. The van der Waals surface area contributed by atoms with Crippen LogP contribution in [0, 0.1) is 18.3 Å². The summed E-state index contributed by atoms with van der Waals surface area (Å²) in [6, 6.07) is 3.85. The van der Waals surface area contributed by atoms with Crippen molar-refractivity contribution < 1.29 is 18.0 Å². The number of hydrogen-bond acceptors (Lipinski definition) is 5. The number of H-pyrrole nitrogens is 1. The zero-order valence-electron chi connectivity index (χ0n) is 19.2. The van der Waals surface area contributed by atoms with Gasteiger partial charge in [-0.25, -0.2) is 4.98 Å². The predicted molar refractivity (Wildman–Crippen MR) is 120 cm³/mol. The zero-order valence-corrected chi connectivity index (χ0v) is 19.2. The smallest absolute Gasteiger partial charge is 0.343 e. The van der Waals surface area contributed by atoms with Crippen molar-refractivity contribution in [3.63, 3.8) is 0 Å². The number of rotatable bonds is 0. The van der Waals surface area contributed by atoms with Gasteiger partial charge in [-0.05, 0) is 19.4 Å². The van der Waals surface area contributed by atoms with E-state index in [1.165, 1.54) is 20.5 Å². The minimum atomic E-state index is -4.67. The summed E-state index contributed by atoms with van der Waals surface area (Å²) in [5, 5.41) is 18.6. The molecule has 0 radical (unpaired) electrons. The number of amides is 1. The molecule has 4 aromatic heterocycles. The van der Waals surface area contributed by atoms with E-state index in [1.807, 2.05) is 0 Å². The van der Waals surface area contributed by atoms with Gasteiger partial charge in [0, 0.05) is 72.8 Å². The first-order chi connectivity index (χ1) is 16.6. The Bertz CT molecular complexity index is 1520. The van der Waals surface area contributed by atoms with Crippen LogP contribution in [0.25, 0.3) is 33.3 Å². The van der Waals surface area contributed by atoms with E-state index < -0.39 is 11.9 Å². The van der Waals surface area contributed by atoms with Gasteiger partial charge < -0.3 is 9.88 Å². The van der Waals surface area contributed by atoms with E-state index in [9.17, 15) is 23.2 Å². The van der Waals surface area contributed by atoms with Crippen LogP contribution in [0.1, 0.15) is 35.6 Å². The molecule has 180 valence electrons. The number of fused-ring (bicyclic) bond motifs is 6. The molecule has 4 aromatic rings. The molecule has 35 heavy (non-hydrogen) atoms. The molecule has 0 aliphatic carbocycles. The molecule has 0 unspecified atom stereocenters. The molecule has 5 heterocycles. The molecule has 12 heteroatoms. The van der Waals surface area contributed by atoms with Gasteiger partial charge in [-0.2, -0.15) is 28.6 Å². The molecule has 1 amide bonds. The summed E-state index contributed by atoms with van der Waals surface area (Å²) < 4.78 is 44.6. The minimum absolute atomic E-state index is 0.0644. The summed E-state index contributed by atoms with van der Waals surface area (Å²) in [6.07, 6.45) is -1.31. The van der Waals surface area contributed by atoms with Crippen molar-refractivity contribution in [2.45, 2.75) is 39.0 Å². The second-order valence-electron chi connectivity index (χ2n) is 8.66. The molecule has 5 rings (SSSR count). The number of aromatic nitrogens is 6. The molecule has 0 spiro atoms. The third-order valence-corrected chi connectivity index (χ3v) is 6.24. The number of aromatic amines is 1. The molecular formula is C23H21F3N8O. The number of nitriles is 1. The second-order valence-corrected chi connectivity index (χ2v) is 8.66. The van der Waals surface area contributed by atoms with Gasteiger partial charge in [0.2, 0.25) is 5.91 Å². The fourth-order valence-corrected chi connectivity index (χ4v) is 4.63. The molecule has 0 aromatic carbocycles. The highest BCUT2D eigenvalue weighted by Gasteiger charge is 2.38. The third kappa shape index (κ3) is 3.73. The Labute approximate surface area is 197 Å². The van der Waals surface area contributed by atoms with E-state index in [-0.39, 0.29) is 36.7 Å². The largest absolute Gasteiger partial charge is 0.435 e. The molecule has 0 fully saturated rings. The standard InChI is InChI=1S/C23H21F3N8O/c1-12-19-14-7-13(9-28-22(14)29-12)20-16(30-33(3)17(20)8-27)11-32(2)18(35)5-4-6-34-10-15(19)21(31-34)23(24,25)26/h7,9-10H,4-6,11H2,1-3H3,(H,28,29). The molecular weight excluding hydrogens is 461 g/mol. The van der Waals surface area contributed by atoms with Crippen molar-refractivity contribution in [1.82, 2.24) is 34.4 Å². The number of nitrogens with one attached hydrogen (secondary N) is 1.